The van der Waals surface area contributed by atoms with Crippen LogP contribution in [0, 0.1) is 5.41 Å². The van der Waals surface area contributed by atoms with Crippen molar-refractivity contribution in [3.8, 4) is 0 Å². The summed E-state index contributed by atoms with van der Waals surface area (Å²) in [5.41, 5.74) is 0.975. The summed E-state index contributed by atoms with van der Waals surface area (Å²) in [6, 6.07) is 3.59. The van der Waals surface area contributed by atoms with Gasteiger partial charge in [-0.05, 0) is 62.7 Å². The molecule has 27 heavy (non-hydrogen) atoms. The Labute approximate surface area is 160 Å². The molecule has 146 valence electrons. The van der Waals surface area contributed by atoms with Gasteiger partial charge in [-0.3, -0.25) is 14.6 Å². The highest BCUT2D eigenvalue weighted by Gasteiger charge is 2.42. The van der Waals surface area contributed by atoms with Crippen LogP contribution in [0.4, 0.5) is 0 Å². The fourth-order valence-electron chi connectivity index (χ4n) is 4.65. The largest absolute Gasteiger partial charge is 0.352 e. The monoisotopic (exact) mass is 371 g/mol. The summed E-state index contributed by atoms with van der Waals surface area (Å²) >= 11 is 0. The van der Waals surface area contributed by atoms with E-state index in [0.717, 1.165) is 51.7 Å². The molecular formula is C20H29N5O2. The van der Waals surface area contributed by atoms with E-state index in [4.69, 9.17) is 0 Å². The molecule has 2 amide bonds. The summed E-state index contributed by atoms with van der Waals surface area (Å²) < 4.78 is 0. The molecule has 4 rings (SSSR count). The second kappa shape index (κ2) is 7.94. The van der Waals surface area contributed by atoms with Crippen molar-refractivity contribution < 1.29 is 9.59 Å². The Kier molecular flexibility index (Phi) is 5.41. The number of likely N-dealkylation sites (tertiary alicyclic amines) is 1. The molecule has 0 bridgehead atoms. The van der Waals surface area contributed by atoms with Crippen molar-refractivity contribution in [1.29, 1.82) is 0 Å². The van der Waals surface area contributed by atoms with Gasteiger partial charge < -0.3 is 20.9 Å². The van der Waals surface area contributed by atoms with Gasteiger partial charge in [0, 0.05) is 43.6 Å². The zero-order chi connectivity index (χ0) is 18.7. The van der Waals surface area contributed by atoms with Gasteiger partial charge in [0.1, 0.15) is 0 Å². The highest BCUT2D eigenvalue weighted by molar-refractivity contribution is 5.94. The van der Waals surface area contributed by atoms with Crippen LogP contribution in [0.25, 0.3) is 0 Å². The smallest absolute Gasteiger partial charge is 0.253 e. The molecule has 0 aliphatic carbocycles. The lowest BCUT2D eigenvalue weighted by Gasteiger charge is -2.34. The van der Waals surface area contributed by atoms with Crippen LogP contribution in [-0.4, -0.2) is 66.5 Å². The molecule has 4 heterocycles. The Morgan fingerprint density at radius 3 is 2.56 bits per heavy atom. The first-order valence-electron chi connectivity index (χ1n) is 10.1. The van der Waals surface area contributed by atoms with Crippen LogP contribution >= 0.6 is 0 Å². The molecule has 7 nitrogen and oxygen atoms in total. The first-order valence-corrected chi connectivity index (χ1v) is 10.1. The maximum absolute atomic E-state index is 12.7. The highest BCUT2D eigenvalue weighted by Crippen LogP contribution is 2.37. The van der Waals surface area contributed by atoms with Crippen molar-refractivity contribution >= 4 is 11.8 Å². The summed E-state index contributed by atoms with van der Waals surface area (Å²) in [6.07, 6.45) is 8.15. The van der Waals surface area contributed by atoms with Crippen molar-refractivity contribution in [2.24, 2.45) is 5.41 Å². The highest BCUT2D eigenvalue weighted by atomic mass is 16.2. The van der Waals surface area contributed by atoms with E-state index in [1.807, 2.05) is 4.90 Å². The van der Waals surface area contributed by atoms with Crippen LogP contribution in [0.1, 0.15) is 42.5 Å². The van der Waals surface area contributed by atoms with Gasteiger partial charge in [0.2, 0.25) is 5.91 Å². The maximum atomic E-state index is 12.7. The zero-order valence-electron chi connectivity index (χ0n) is 15.7. The van der Waals surface area contributed by atoms with Crippen LogP contribution in [0.2, 0.25) is 0 Å². The van der Waals surface area contributed by atoms with E-state index < -0.39 is 0 Å². The van der Waals surface area contributed by atoms with E-state index in [1.54, 1.807) is 24.5 Å². The number of aromatic nitrogens is 1. The summed E-state index contributed by atoms with van der Waals surface area (Å²) in [4.78, 5) is 31.0. The van der Waals surface area contributed by atoms with Gasteiger partial charge in [0.25, 0.3) is 5.91 Å². The van der Waals surface area contributed by atoms with E-state index in [0.29, 0.717) is 24.1 Å². The predicted molar refractivity (Wildman–Crippen MR) is 102 cm³/mol. The van der Waals surface area contributed by atoms with Gasteiger partial charge in [0.05, 0.1) is 6.04 Å². The summed E-state index contributed by atoms with van der Waals surface area (Å²) in [7, 11) is 0. The number of hydrogen-bond acceptors (Lipinski definition) is 5. The number of carbonyl (C=O) groups is 2. The third-order valence-electron chi connectivity index (χ3n) is 6.40. The maximum Gasteiger partial charge on any atom is 0.253 e. The quantitative estimate of drug-likeness (QED) is 0.722. The number of pyridine rings is 1. The molecule has 1 aromatic heterocycles. The third kappa shape index (κ3) is 4.14. The van der Waals surface area contributed by atoms with E-state index in [9.17, 15) is 9.59 Å². The molecule has 1 atom stereocenters. The van der Waals surface area contributed by atoms with Gasteiger partial charge in [0.15, 0.2) is 0 Å². The van der Waals surface area contributed by atoms with E-state index in [1.165, 1.54) is 0 Å². The van der Waals surface area contributed by atoms with Crippen LogP contribution < -0.4 is 16.0 Å². The number of hydrogen-bond donors (Lipinski definition) is 3. The lowest BCUT2D eigenvalue weighted by Crippen LogP contribution is -2.50. The number of amides is 2. The van der Waals surface area contributed by atoms with E-state index in [-0.39, 0.29) is 23.9 Å². The lowest BCUT2D eigenvalue weighted by atomic mass is 9.77. The van der Waals surface area contributed by atoms with Crippen molar-refractivity contribution in [3.05, 3.63) is 30.1 Å². The molecule has 3 N–H and O–H groups in total. The van der Waals surface area contributed by atoms with Crippen molar-refractivity contribution in [2.75, 3.05) is 32.7 Å². The molecule has 0 radical (unpaired) electrons. The lowest BCUT2D eigenvalue weighted by molar-refractivity contribution is -0.124. The molecule has 3 aliphatic heterocycles. The Morgan fingerprint density at radius 2 is 1.85 bits per heavy atom. The molecule has 0 unspecified atom stereocenters. The second-order valence-electron chi connectivity index (χ2n) is 8.20. The Bertz CT molecular complexity index is 666. The molecule has 1 aromatic rings. The van der Waals surface area contributed by atoms with Crippen molar-refractivity contribution in [2.45, 2.75) is 44.2 Å². The van der Waals surface area contributed by atoms with Crippen LogP contribution in [-0.2, 0) is 4.79 Å². The number of rotatable bonds is 3. The normalized spacial score (nSPS) is 25.5. The average molecular weight is 371 g/mol. The summed E-state index contributed by atoms with van der Waals surface area (Å²) in [5, 5.41) is 10.1. The summed E-state index contributed by atoms with van der Waals surface area (Å²) in [5.74, 6) is 0.178. The van der Waals surface area contributed by atoms with Gasteiger partial charge >= 0.3 is 0 Å². The van der Waals surface area contributed by atoms with Crippen LogP contribution in [0.3, 0.4) is 0 Å². The first kappa shape index (κ1) is 18.4. The van der Waals surface area contributed by atoms with Gasteiger partial charge in [-0.2, -0.15) is 0 Å². The van der Waals surface area contributed by atoms with E-state index >= 15 is 0 Å². The molecule has 3 saturated heterocycles. The standard InChI is InChI=1S/C20H29N5O2/c26-18(17-13-20(14-23-17)5-9-22-10-6-20)24-16-3-11-25(12-4-16)19(27)15-1-7-21-8-2-15/h1-2,7-8,16-17,22-23H,3-6,9-14H2,(H,24,26)/t17-/m1/s1. The Hall–Kier alpha value is -1.99. The minimum Gasteiger partial charge on any atom is -0.352 e. The fraction of sp³-hybridized carbons (Fsp3) is 0.650. The van der Waals surface area contributed by atoms with Gasteiger partial charge in [-0.15, -0.1) is 0 Å². The number of nitrogens with zero attached hydrogens (tertiary/aromatic N) is 2. The Morgan fingerprint density at radius 1 is 1.15 bits per heavy atom. The molecule has 0 saturated carbocycles. The topological polar surface area (TPSA) is 86.4 Å². The summed E-state index contributed by atoms with van der Waals surface area (Å²) in [6.45, 7) is 4.42. The average Bonchev–Trinajstić information content (AvgIpc) is 3.12. The molecule has 3 fully saturated rings. The molecule has 0 aromatic carbocycles. The number of piperidine rings is 2. The molecular weight excluding hydrogens is 342 g/mol. The minimum atomic E-state index is -0.0698. The first-order chi connectivity index (χ1) is 13.2. The SMILES string of the molecule is O=C(NC1CCN(C(=O)c2ccncc2)CC1)[C@H]1CC2(CCNCC2)CN1. The van der Waals surface area contributed by atoms with Crippen LogP contribution in [0.5, 0.6) is 0 Å². The second-order valence-corrected chi connectivity index (χ2v) is 8.20. The minimum absolute atomic E-state index is 0.0486. The zero-order valence-corrected chi connectivity index (χ0v) is 15.7. The third-order valence-corrected chi connectivity index (χ3v) is 6.40. The molecule has 1 spiro atoms. The van der Waals surface area contributed by atoms with Crippen molar-refractivity contribution in [3.63, 3.8) is 0 Å². The van der Waals surface area contributed by atoms with Crippen molar-refractivity contribution in [1.82, 2.24) is 25.8 Å². The van der Waals surface area contributed by atoms with Gasteiger partial charge in [-0.1, -0.05) is 0 Å². The van der Waals surface area contributed by atoms with Crippen LogP contribution in [0.15, 0.2) is 24.5 Å². The predicted octanol–water partition coefficient (Wildman–Crippen LogP) is 0.534. The number of carbonyl (C=O) groups excluding carboxylic acids is 2. The van der Waals surface area contributed by atoms with Gasteiger partial charge in [-0.25, -0.2) is 0 Å². The Balaban J connectivity index is 1.25. The fourth-order valence-corrected chi connectivity index (χ4v) is 4.65. The van der Waals surface area contributed by atoms with E-state index in [2.05, 4.69) is 20.9 Å². The molecule has 7 heteroatoms. The number of nitrogens with one attached hydrogen (secondary N) is 3. The molecule has 3 aliphatic rings.